The van der Waals surface area contributed by atoms with Gasteiger partial charge in [0.2, 0.25) is 11.8 Å². The molecule has 0 aliphatic carbocycles. The standard InChI is InChI=1S/C25H38N6O6.C7H8O3S/c1-25(2,3)37-24(35)29-15-20(32)31-14-8-12-19(31)21(33)30-18(11-7-13-28-23(26)27)22(34)36-16-17-9-5-4-6-10-17;1-6-2-4-7(5-3-6)11(8,9)10/h4-6,9-10,18-19H,7-8,11-16H2,1-3H3,(H,29,35)(H,30,33)(H4,26,27,28);2-5H,1H3,(H,8,9,10)/t18-,19-;/m0./s1. The summed E-state index contributed by atoms with van der Waals surface area (Å²) < 4.78 is 40.1. The number of nitrogens with two attached hydrogens (primary N) is 1. The Morgan fingerprint density at radius 3 is 2.29 bits per heavy atom. The minimum absolute atomic E-state index is 0.0577. The number of benzene rings is 2. The minimum atomic E-state index is -4.02. The van der Waals surface area contributed by atoms with Crippen molar-refractivity contribution < 1.29 is 41.6 Å². The third-order valence-corrected chi connectivity index (χ3v) is 7.66. The van der Waals surface area contributed by atoms with Crippen molar-refractivity contribution in [2.24, 2.45) is 5.73 Å². The molecule has 0 unspecified atom stereocenters. The van der Waals surface area contributed by atoms with Crippen LogP contribution in [0.1, 0.15) is 57.6 Å². The van der Waals surface area contributed by atoms with Gasteiger partial charge in [-0.15, -0.1) is 0 Å². The molecule has 16 heteroatoms. The lowest BCUT2D eigenvalue weighted by molar-refractivity contribution is -0.150. The Hall–Kier alpha value is -4.70. The summed E-state index contributed by atoms with van der Waals surface area (Å²) in [6.07, 6.45) is 1.02. The van der Waals surface area contributed by atoms with E-state index < -0.39 is 51.7 Å². The van der Waals surface area contributed by atoms with Crippen molar-refractivity contribution in [3.8, 4) is 0 Å². The summed E-state index contributed by atoms with van der Waals surface area (Å²) in [4.78, 5) is 51.9. The van der Waals surface area contributed by atoms with E-state index >= 15 is 0 Å². The van der Waals surface area contributed by atoms with Crippen LogP contribution in [0.3, 0.4) is 0 Å². The van der Waals surface area contributed by atoms with Gasteiger partial charge < -0.3 is 36.1 Å². The van der Waals surface area contributed by atoms with Gasteiger partial charge in [0.25, 0.3) is 10.1 Å². The third kappa shape index (κ3) is 14.8. The van der Waals surface area contributed by atoms with E-state index in [9.17, 15) is 27.6 Å². The molecular formula is C32H46N6O9S. The normalized spacial score (nSPS) is 14.9. The molecule has 1 aliphatic heterocycles. The van der Waals surface area contributed by atoms with E-state index in [-0.39, 0.29) is 30.4 Å². The van der Waals surface area contributed by atoms with Crippen molar-refractivity contribution in [1.29, 1.82) is 5.41 Å². The first-order valence-corrected chi connectivity index (χ1v) is 16.8. The zero-order chi connectivity index (χ0) is 35.9. The molecule has 0 aromatic heterocycles. The number of hydrogen-bond donors (Lipinski definition) is 6. The molecule has 264 valence electrons. The summed E-state index contributed by atoms with van der Waals surface area (Å²) in [5.41, 5.74) is 6.37. The molecule has 2 atom stereocenters. The van der Waals surface area contributed by atoms with Gasteiger partial charge in [0.15, 0.2) is 5.96 Å². The number of aryl methyl sites for hydroxylation is 1. The number of guanidine groups is 1. The van der Waals surface area contributed by atoms with Crippen LogP contribution in [0.15, 0.2) is 59.5 Å². The van der Waals surface area contributed by atoms with Gasteiger partial charge >= 0.3 is 12.1 Å². The van der Waals surface area contributed by atoms with Gasteiger partial charge in [-0.25, -0.2) is 9.59 Å². The molecular weight excluding hydrogens is 644 g/mol. The third-order valence-electron chi connectivity index (χ3n) is 6.79. The molecule has 3 amide bonds. The van der Waals surface area contributed by atoms with Crippen LogP contribution in [0.2, 0.25) is 0 Å². The fourth-order valence-electron chi connectivity index (χ4n) is 4.49. The Labute approximate surface area is 281 Å². The van der Waals surface area contributed by atoms with Gasteiger partial charge in [-0.3, -0.25) is 19.6 Å². The van der Waals surface area contributed by atoms with Crippen LogP contribution >= 0.6 is 0 Å². The Morgan fingerprint density at radius 2 is 1.71 bits per heavy atom. The second-order valence-electron chi connectivity index (χ2n) is 12.0. The van der Waals surface area contributed by atoms with Gasteiger partial charge in [-0.1, -0.05) is 48.0 Å². The number of esters is 1. The van der Waals surface area contributed by atoms with E-state index in [2.05, 4.69) is 16.0 Å². The second-order valence-corrected chi connectivity index (χ2v) is 13.4. The van der Waals surface area contributed by atoms with Gasteiger partial charge in [-0.05, 0) is 71.1 Å². The number of nitrogens with zero attached hydrogens (tertiary/aromatic N) is 1. The molecule has 1 saturated heterocycles. The van der Waals surface area contributed by atoms with Crippen molar-refractivity contribution in [1.82, 2.24) is 20.9 Å². The van der Waals surface area contributed by atoms with Crippen LogP contribution in [-0.2, 0) is 40.6 Å². The number of rotatable bonds is 12. The number of alkyl carbamates (subject to hydrolysis) is 1. The smallest absolute Gasteiger partial charge is 0.408 e. The monoisotopic (exact) mass is 690 g/mol. The summed E-state index contributed by atoms with van der Waals surface area (Å²) in [5, 5.41) is 15.1. The number of likely N-dealkylation sites (tertiary alicyclic amines) is 1. The Bertz CT molecular complexity index is 1500. The highest BCUT2D eigenvalue weighted by molar-refractivity contribution is 7.85. The summed E-state index contributed by atoms with van der Waals surface area (Å²) >= 11 is 0. The molecule has 48 heavy (non-hydrogen) atoms. The summed E-state index contributed by atoms with van der Waals surface area (Å²) in [6, 6.07) is 13.4. The van der Waals surface area contributed by atoms with Crippen molar-refractivity contribution >= 4 is 40.0 Å². The maximum Gasteiger partial charge on any atom is 0.408 e. The minimum Gasteiger partial charge on any atom is -0.459 e. The summed E-state index contributed by atoms with van der Waals surface area (Å²) in [7, 11) is -4.02. The number of nitrogens with one attached hydrogen (secondary N) is 4. The second kappa shape index (κ2) is 18.6. The Balaban J connectivity index is 0.000000613. The molecule has 2 aromatic rings. The largest absolute Gasteiger partial charge is 0.459 e. The van der Waals surface area contributed by atoms with Crippen LogP contribution < -0.4 is 21.7 Å². The van der Waals surface area contributed by atoms with Crippen LogP contribution in [0, 0.1) is 12.3 Å². The molecule has 0 bridgehead atoms. The van der Waals surface area contributed by atoms with Gasteiger partial charge in [0, 0.05) is 13.1 Å². The van der Waals surface area contributed by atoms with Gasteiger partial charge in [-0.2, -0.15) is 8.42 Å². The Morgan fingerprint density at radius 1 is 1.06 bits per heavy atom. The number of hydrogen-bond acceptors (Lipinski definition) is 9. The first-order chi connectivity index (χ1) is 22.5. The van der Waals surface area contributed by atoms with Crippen LogP contribution in [0.5, 0.6) is 0 Å². The molecule has 2 aromatic carbocycles. The number of amides is 3. The highest BCUT2D eigenvalue weighted by Gasteiger charge is 2.36. The maximum atomic E-state index is 13.1. The number of ether oxygens (including phenoxy) is 2. The molecule has 1 heterocycles. The zero-order valence-corrected chi connectivity index (χ0v) is 28.5. The first-order valence-electron chi connectivity index (χ1n) is 15.4. The SMILES string of the molecule is CC(C)(C)OC(=O)NCC(=O)N1CCC[C@H]1C(=O)N[C@@H](CCCNC(=N)N)C(=O)OCc1ccccc1.Cc1ccc(S(=O)(=O)O)cc1. The fraction of sp³-hybridized carbons (Fsp3) is 0.469. The molecule has 0 radical (unpaired) electrons. The van der Waals surface area contributed by atoms with E-state index in [1.165, 1.54) is 17.0 Å². The van der Waals surface area contributed by atoms with E-state index in [0.717, 1.165) is 11.1 Å². The quantitative estimate of drug-likeness (QED) is 0.0622. The molecule has 7 N–H and O–H groups in total. The maximum absolute atomic E-state index is 13.1. The molecule has 0 saturated carbocycles. The van der Waals surface area contributed by atoms with E-state index in [1.54, 1.807) is 32.9 Å². The molecule has 0 spiro atoms. The Kier molecular flexibility index (Phi) is 15.3. The van der Waals surface area contributed by atoms with E-state index in [4.69, 9.17) is 25.2 Å². The van der Waals surface area contributed by atoms with Crippen molar-refractivity contribution in [2.45, 2.75) is 82.6 Å². The predicted octanol–water partition coefficient (Wildman–Crippen LogP) is 2.24. The highest BCUT2D eigenvalue weighted by atomic mass is 32.2. The van der Waals surface area contributed by atoms with Crippen molar-refractivity contribution in [3.05, 3.63) is 65.7 Å². The fourth-order valence-corrected chi connectivity index (χ4v) is 4.97. The van der Waals surface area contributed by atoms with Crippen LogP contribution in [-0.4, -0.2) is 85.0 Å². The predicted molar refractivity (Wildman–Crippen MR) is 177 cm³/mol. The van der Waals surface area contributed by atoms with Crippen LogP contribution in [0.4, 0.5) is 4.79 Å². The number of carbonyl (C=O) groups is 4. The lowest BCUT2D eigenvalue weighted by atomic mass is 10.1. The van der Waals surface area contributed by atoms with E-state index in [0.29, 0.717) is 32.4 Å². The van der Waals surface area contributed by atoms with Crippen molar-refractivity contribution in [3.63, 3.8) is 0 Å². The van der Waals surface area contributed by atoms with Gasteiger partial charge in [0.1, 0.15) is 30.8 Å². The zero-order valence-electron chi connectivity index (χ0n) is 27.7. The molecule has 1 fully saturated rings. The highest BCUT2D eigenvalue weighted by Crippen LogP contribution is 2.18. The van der Waals surface area contributed by atoms with E-state index in [1.807, 2.05) is 37.3 Å². The van der Waals surface area contributed by atoms with Crippen LogP contribution in [0.25, 0.3) is 0 Å². The topological polar surface area (TPSA) is 230 Å². The average molecular weight is 691 g/mol. The first kappa shape index (κ1) is 39.5. The summed E-state index contributed by atoms with van der Waals surface area (Å²) in [5.74, 6) is -1.67. The molecule has 15 nitrogen and oxygen atoms in total. The average Bonchev–Trinajstić information content (AvgIpc) is 3.50. The lowest BCUT2D eigenvalue weighted by Gasteiger charge is -2.26. The molecule has 3 rings (SSSR count). The lowest BCUT2D eigenvalue weighted by Crippen LogP contribution is -2.53. The van der Waals surface area contributed by atoms with Gasteiger partial charge in [0.05, 0.1) is 4.90 Å². The molecule has 1 aliphatic rings. The van der Waals surface area contributed by atoms with Crippen molar-refractivity contribution in [2.75, 3.05) is 19.6 Å². The number of carbonyl (C=O) groups excluding carboxylic acids is 4. The summed E-state index contributed by atoms with van der Waals surface area (Å²) in [6.45, 7) is 7.44.